The van der Waals surface area contributed by atoms with Crippen molar-refractivity contribution in [3.63, 3.8) is 0 Å². The van der Waals surface area contributed by atoms with Crippen LogP contribution in [0.3, 0.4) is 0 Å². The van der Waals surface area contributed by atoms with Gasteiger partial charge in [0.25, 0.3) is 0 Å². The number of hydrogen-bond donors (Lipinski definition) is 1. The average Bonchev–Trinajstić information content (AvgIpc) is 2.84. The zero-order valence-corrected chi connectivity index (χ0v) is 10.7. The monoisotopic (exact) mass is 250 g/mol. The van der Waals surface area contributed by atoms with Gasteiger partial charge in [-0.1, -0.05) is 30.4 Å². The first-order valence-electron chi connectivity index (χ1n) is 5.95. The van der Waals surface area contributed by atoms with Crippen molar-refractivity contribution in [1.29, 1.82) is 0 Å². The number of rotatable bonds is 5. The molecule has 0 bridgehead atoms. The minimum Gasteiger partial charge on any atom is -0.393 e. The maximum absolute atomic E-state index is 5.59. The molecule has 1 fully saturated rings. The summed E-state index contributed by atoms with van der Waals surface area (Å²) in [6.07, 6.45) is 1.83. The Bertz CT molecular complexity index is 363. The van der Waals surface area contributed by atoms with E-state index in [0.717, 1.165) is 32.6 Å². The van der Waals surface area contributed by atoms with E-state index in [0.29, 0.717) is 11.0 Å². The Morgan fingerprint density at radius 3 is 2.76 bits per heavy atom. The molecule has 1 aliphatic rings. The van der Waals surface area contributed by atoms with Gasteiger partial charge < -0.3 is 15.4 Å². The fraction of sp³-hybridized carbons (Fsp3) is 0.462. The minimum absolute atomic E-state index is 0.451. The highest BCUT2D eigenvalue weighted by Crippen LogP contribution is 2.21. The van der Waals surface area contributed by atoms with E-state index in [2.05, 4.69) is 29.2 Å². The average molecular weight is 250 g/mol. The van der Waals surface area contributed by atoms with Crippen LogP contribution in [-0.2, 0) is 4.74 Å². The molecule has 1 aliphatic heterocycles. The standard InChI is InChI=1S/C13H18N2OS/c14-13(17)6-8-15(12-7-9-16-10-12)11-4-2-1-3-5-11/h1-5,12H,6-10H2,(H2,14,17). The molecular formula is C13H18N2OS. The van der Waals surface area contributed by atoms with Crippen molar-refractivity contribution < 1.29 is 4.74 Å². The molecule has 17 heavy (non-hydrogen) atoms. The van der Waals surface area contributed by atoms with Crippen molar-refractivity contribution in [3.8, 4) is 0 Å². The first-order valence-corrected chi connectivity index (χ1v) is 6.36. The second-order valence-corrected chi connectivity index (χ2v) is 4.79. The number of nitrogens with zero attached hydrogens (tertiary/aromatic N) is 1. The third kappa shape index (κ3) is 3.41. The van der Waals surface area contributed by atoms with Crippen LogP contribution in [0.4, 0.5) is 5.69 Å². The van der Waals surface area contributed by atoms with Crippen molar-refractivity contribution in [2.24, 2.45) is 5.73 Å². The molecule has 1 saturated heterocycles. The van der Waals surface area contributed by atoms with E-state index in [1.54, 1.807) is 0 Å². The summed E-state index contributed by atoms with van der Waals surface area (Å²) in [4.78, 5) is 2.93. The molecule has 1 heterocycles. The largest absolute Gasteiger partial charge is 0.393 e. The first kappa shape index (κ1) is 12.3. The molecule has 2 rings (SSSR count). The van der Waals surface area contributed by atoms with Crippen LogP contribution in [0.25, 0.3) is 0 Å². The Morgan fingerprint density at radius 2 is 2.18 bits per heavy atom. The second kappa shape index (κ2) is 5.98. The van der Waals surface area contributed by atoms with Crippen LogP contribution in [0.2, 0.25) is 0 Å². The highest BCUT2D eigenvalue weighted by atomic mass is 32.1. The summed E-state index contributed by atoms with van der Waals surface area (Å²) >= 11 is 4.96. The van der Waals surface area contributed by atoms with Crippen molar-refractivity contribution in [2.75, 3.05) is 24.7 Å². The quantitative estimate of drug-likeness (QED) is 0.811. The van der Waals surface area contributed by atoms with Crippen molar-refractivity contribution in [2.45, 2.75) is 18.9 Å². The van der Waals surface area contributed by atoms with Crippen molar-refractivity contribution >= 4 is 22.9 Å². The highest BCUT2D eigenvalue weighted by molar-refractivity contribution is 7.80. The number of nitrogens with two attached hydrogens (primary N) is 1. The molecule has 1 aromatic rings. The molecule has 92 valence electrons. The lowest BCUT2D eigenvalue weighted by Crippen LogP contribution is -2.37. The van der Waals surface area contributed by atoms with Crippen molar-refractivity contribution in [1.82, 2.24) is 0 Å². The molecule has 3 nitrogen and oxygen atoms in total. The molecule has 0 spiro atoms. The van der Waals surface area contributed by atoms with Crippen LogP contribution in [-0.4, -0.2) is 30.8 Å². The molecule has 0 aromatic heterocycles. The van der Waals surface area contributed by atoms with Crippen LogP contribution in [0, 0.1) is 0 Å². The topological polar surface area (TPSA) is 38.5 Å². The summed E-state index contributed by atoms with van der Waals surface area (Å²) in [6.45, 7) is 2.51. The molecule has 1 atom stereocenters. The van der Waals surface area contributed by atoms with Crippen LogP contribution >= 0.6 is 12.2 Å². The van der Waals surface area contributed by atoms with Crippen LogP contribution in [0.1, 0.15) is 12.8 Å². The maximum Gasteiger partial charge on any atom is 0.0745 e. The summed E-state index contributed by atoms with van der Waals surface area (Å²) in [5.74, 6) is 0. The normalized spacial score (nSPS) is 19.2. The minimum atomic E-state index is 0.451. The van der Waals surface area contributed by atoms with Gasteiger partial charge in [-0.2, -0.15) is 0 Å². The van der Waals surface area contributed by atoms with Gasteiger partial charge in [0.05, 0.1) is 17.6 Å². The van der Waals surface area contributed by atoms with Crippen LogP contribution in [0.5, 0.6) is 0 Å². The van der Waals surface area contributed by atoms with Gasteiger partial charge in [0.2, 0.25) is 0 Å². The van der Waals surface area contributed by atoms with Gasteiger partial charge in [-0.05, 0) is 18.6 Å². The van der Waals surface area contributed by atoms with Crippen LogP contribution < -0.4 is 10.6 Å². The van der Waals surface area contributed by atoms with Gasteiger partial charge in [-0.3, -0.25) is 0 Å². The van der Waals surface area contributed by atoms with E-state index < -0.39 is 0 Å². The molecule has 1 unspecified atom stereocenters. The highest BCUT2D eigenvalue weighted by Gasteiger charge is 2.23. The fourth-order valence-electron chi connectivity index (χ4n) is 2.14. The van der Waals surface area contributed by atoms with Crippen LogP contribution in [0.15, 0.2) is 30.3 Å². The smallest absolute Gasteiger partial charge is 0.0745 e. The maximum atomic E-state index is 5.59. The summed E-state index contributed by atoms with van der Waals surface area (Å²) in [6, 6.07) is 10.8. The Kier molecular flexibility index (Phi) is 4.34. The van der Waals surface area contributed by atoms with Gasteiger partial charge in [0.1, 0.15) is 0 Å². The second-order valence-electron chi connectivity index (χ2n) is 4.26. The number of hydrogen-bond acceptors (Lipinski definition) is 3. The van der Waals surface area contributed by atoms with E-state index in [4.69, 9.17) is 22.7 Å². The van der Waals surface area contributed by atoms with Gasteiger partial charge >= 0.3 is 0 Å². The lowest BCUT2D eigenvalue weighted by atomic mass is 10.1. The van der Waals surface area contributed by atoms with Crippen molar-refractivity contribution in [3.05, 3.63) is 30.3 Å². The summed E-state index contributed by atoms with van der Waals surface area (Å²) < 4.78 is 5.46. The lowest BCUT2D eigenvalue weighted by molar-refractivity contribution is 0.193. The molecule has 0 aliphatic carbocycles. The van der Waals surface area contributed by atoms with E-state index in [1.165, 1.54) is 5.69 Å². The fourth-order valence-corrected chi connectivity index (χ4v) is 2.23. The predicted octanol–water partition coefficient (Wildman–Crippen LogP) is 1.96. The number of thiocarbonyl (C=S) groups is 1. The molecule has 2 N–H and O–H groups in total. The summed E-state index contributed by atoms with van der Waals surface area (Å²) in [5.41, 5.74) is 6.81. The Morgan fingerprint density at radius 1 is 1.41 bits per heavy atom. The van der Waals surface area contributed by atoms with E-state index in [1.807, 2.05) is 6.07 Å². The Balaban J connectivity index is 2.08. The number of ether oxygens (including phenoxy) is 1. The molecule has 0 saturated carbocycles. The third-order valence-electron chi connectivity index (χ3n) is 3.03. The number of para-hydroxylation sites is 1. The summed E-state index contributed by atoms with van der Waals surface area (Å²) in [7, 11) is 0. The Labute approximate surface area is 108 Å². The number of benzene rings is 1. The lowest BCUT2D eigenvalue weighted by Gasteiger charge is -2.30. The van der Waals surface area contributed by atoms with Gasteiger partial charge in [-0.15, -0.1) is 0 Å². The van der Waals surface area contributed by atoms with E-state index >= 15 is 0 Å². The van der Waals surface area contributed by atoms with Gasteiger partial charge in [-0.25, -0.2) is 0 Å². The SMILES string of the molecule is NC(=S)CCN(c1ccccc1)C1CCOC1. The third-order valence-corrected chi connectivity index (χ3v) is 3.24. The molecule has 0 radical (unpaired) electrons. The zero-order chi connectivity index (χ0) is 12.1. The molecule has 1 aromatic carbocycles. The van der Waals surface area contributed by atoms with E-state index in [9.17, 15) is 0 Å². The van der Waals surface area contributed by atoms with E-state index in [-0.39, 0.29) is 0 Å². The summed E-state index contributed by atoms with van der Waals surface area (Å²) in [5, 5.41) is 0. The molecular weight excluding hydrogens is 232 g/mol. The number of anilines is 1. The van der Waals surface area contributed by atoms with Gasteiger partial charge in [0, 0.05) is 25.3 Å². The Hall–Kier alpha value is -1.13. The van der Waals surface area contributed by atoms with Gasteiger partial charge in [0.15, 0.2) is 0 Å². The zero-order valence-electron chi connectivity index (χ0n) is 9.84. The molecule has 0 amide bonds. The molecule has 4 heteroatoms. The first-order chi connectivity index (χ1) is 8.27. The predicted molar refractivity (Wildman–Crippen MR) is 74.4 cm³/mol.